The first kappa shape index (κ1) is 11.2. The maximum absolute atomic E-state index is 11.3. The SMILES string of the molecule is CCOC(=O)C(C)OC(=O)n1cnnc1. The molecule has 1 atom stereocenters. The second-order valence-electron chi connectivity index (χ2n) is 2.65. The van der Waals surface area contributed by atoms with Crippen molar-refractivity contribution in [3.8, 4) is 0 Å². The first-order chi connectivity index (χ1) is 7.15. The van der Waals surface area contributed by atoms with Crippen LogP contribution < -0.4 is 0 Å². The van der Waals surface area contributed by atoms with Gasteiger partial charge >= 0.3 is 12.1 Å². The lowest BCUT2D eigenvalue weighted by Gasteiger charge is -2.11. The minimum Gasteiger partial charge on any atom is -0.463 e. The molecule has 7 heteroatoms. The molecule has 0 bridgehead atoms. The van der Waals surface area contributed by atoms with Gasteiger partial charge in [0, 0.05) is 0 Å². The van der Waals surface area contributed by atoms with Crippen LogP contribution in [0.1, 0.15) is 13.8 Å². The summed E-state index contributed by atoms with van der Waals surface area (Å²) in [6.07, 6.45) is 0.695. The molecule has 0 aliphatic rings. The molecule has 1 rings (SSSR count). The molecule has 0 saturated heterocycles. The van der Waals surface area contributed by atoms with Gasteiger partial charge in [0.2, 0.25) is 0 Å². The van der Waals surface area contributed by atoms with E-state index < -0.39 is 18.2 Å². The molecule has 1 aromatic heterocycles. The number of nitrogens with zero attached hydrogens (tertiary/aromatic N) is 3. The van der Waals surface area contributed by atoms with Gasteiger partial charge in [-0.15, -0.1) is 10.2 Å². The number of ether oxygens (including phenoxy) is 2. The third-order valence-electron chi connectivity index (χ3n) is 1.53. The molecule has 15 heavy (non-hydrogen) atoms. The Morgan fingerprint density at radius 3 is 2.53 bits per heavy atom. The van der Waals surface area contributed by atoms with E-state index >= 15 is 0 Å². The van der Waals surface area contributed by atoms with E-state index in [0.717, 1.165) is 4.57 Å². The Morgan fingerprint density at radius 2 is 2.00 bits per heavy atom. The predicted molar refractivity (Wildman–Crippen MR) is 48.0 cm³/mol. The second kappa shape index (κ2) is 5.08. The Labute approximate surface area is 86.0 Å². The highest BCUT2D eigenvalue weighted by Gasteiger charge is 2.19. The van der Waals surface area contributed by atoms with Crippen LogP contribution >= 0.6 is 0 Å². The van der Waals surface area contributed by atoms with Crippen molar-refractivity contribution >= 4 is 12.1 Å². The lowest BCUT2D eigenvalue weighted by Crippen LogP contribution is -2.28. The van der Waals surface area contributed by atoms with E-state index in [1.807, 2.05) is 0 Å². The van der Waals surface area contributed by atoms with Crippen molar-refractivity contribution in [1.29, 1.82) is 0 Å². The molecule has 1 heterocycles. The fourth-order valence-electron chi connectivity index (χ4n) is 0.815. The van der Waals surface area contributed by atoms with Crippen LogP contribution in [0, 0.1) is 0 Å². The molecular formula is C8H11N3O4. The van der Waals surface area contributed by atoms with E-state index in [4.69, 9.17) is 4.74 Å². The van der Waals surface area contributed by atoms with Gasteiger partial charge in [0.1, 0.15) is 12.7 Å². The quantitative estimate of drug-likeness (QED) is 0.667. The largest absolute Gasteiger partial charge is 0.463 e. The minimum atomic E-state index is -0.945. The highest BCUT2D eigenvalue weighted by Crippen LogP contribution is 1.98. The van der Waals surface area contributed by atoms with Crippen molar-refractivity contribution in [2.45, 2.75) is 20.0 Å². The maximum atomic E-state index is 11.3. The van der Waals surface area contributed by atoms with Gasteiger partial charge in [-0.1, -0.05) is 0 Å². The van der Waals surface area contributed by atoms with Crippen molar-refractivity contribution in [3.63, 3.8) is 0 Å². The Hall–Kier alpha value is -1.92. The predicted octanol–water partition coefficient (Wildman–Crippen LogP) is 0.214. The highest BCUT2D eigenvalue weighted by atomic mass is 16.6. The summed E-state index contributed by atoms with van der Waals surface area (Å²) < 4.78 is 10.5. The van der Waals surface area contributed by atoms with Gasteiger partial charge in [-0.05, 0) is 13.8 Å². The molecule has 0 saturated carbocycles. The number of hydrogen-bond donors (Lipinski definition) is 0. The molecule has 0 aliphatic carbocycles. The molecule has 1 aromatic rings. The molecule has 1 unspecified atom stereocenters. The van der Waals surface area contributed by atoms with Gasteiger partial charge in [0.15, 0.2) is 6.10 Å². The van der Waals surface area contributed by atoms with Gasteiger partial charge in [-0.25, -0.2) is 14.2 Å². The van der Waals surface area contributed by atoms with E-state index in [2.05, 4.69) is 14.9 Å². The van der Waals surface area contributed by atoms with Crippen LogP contribution in [0.25, 0.3) is 0 Å². The Balaban J connectivity index is 2.48. The number of carbonyl (C=O) groups excluding carboxylic acids is 2. The van der Waals surface area contributed by atoms with Crippen LogP contribution in [-0.4, -0.2) is 39.5 Å². The second-order valence-corrected chi connectivity index (χ2v) is 2.65. The molecule has 0 amide bonds. The van der Waals surface area contributed by atoms with Crippen molar-refractivity contribution in [3.05, 3.63) is 12.7 Å². The Bertz CT molecular complexity index is 336. The minimum absolute atomic E-state index is 0.243. The van der Waals surface area contributed by atoms with Crippen LogP contribution in [-0.2, 0) is 14.3 Å². The number of rotatable bonds is 3. The first-order valence-electron chi connectivity index (χ1n) is 4.37. The van der Waals surface area contributed by atoms with Crippen molar-refractivity contribution in [1.82, 2.24) is 14.8 Å². The zero-order valence-corrected chi connectivity index (χ0v) is 8.41. The highest BCUT2D eigenvalue weighted by molar-refractivity contribution is 5.79. The average Bonchev–Trinajstić information content (AvgIpc) is 2.70. The first-order valence-corrected chi connectivity index (χ1v) is 4.37. The van der Waals surface area contributed by atoms with Crippen LogP contribution in [0.5, 0.6) is 0 Å². The summed E-state index contributed by atoms with van der Waals surface area (Å²) in [5.41, 5.74) is 0. The molecule has 82 valence electrons. The van der Waals surface area contributed by atoms with Crippen molar-refractivity contribution in [2.75, 3.05) is 6.61 Å². The lowest BCUT2D eigenvalue weighted by atomic mass is 10.4. The smallest absolute Gasteiger partial charge is 0.421 e. The number of carbonyl (C=O) groups is 2. The Kier molecular flexibility index (Phi) is 3.78. The summed E-state index contributed by atoms with van der Waals surface area (Å²) in [6, 6.07) is 0. The fourth-order valence-corrected chi connectivity index (χ4v) is 0.815. The van der Waals surface area contributed by atoms with Gasteiger partial charge < -0.3 is 9.47 Å². The van der Waals surface area contributed by atoms with Crippen LogP contribution in [0.15, 0.2) is 12.7 Å². The average molecular weight is 213 g/mol. The van der Waals surface area contributed by atoms with Crippen molar-refractivity contribution in [2.24, 2.45) is 0 Å². The topological polar surface area (TPSA) is 83.3 Å². The van der Waals surface area contributed by atoms with Gasteiger partial charge in [-0.2, -0.15) is 0 Å². The molecule has 0 spiro atoms. The summed E-state index contributed by atoms with van der Waals surface area (Å²) in [5, 5.41) is 6.86. The van der Waals surface area contributed by atoms with E-state index in [1.54, 1.807) is 6.92 Å². The number of hydrogen-bond acceptors (Lipinski definition) is 6. The van der Waals surface area contributed by atoms with E-state index in [9.17, 15) is 9.59 Å². The van der Waals surface area contributed by atoms with Gasteiger partial charge in [0.05, 0.1) is 6.61 Å². The van der Waals surface area contributed by atoms with Crippen LogP contribution in [0.3, 0.4) is 0 Å². The van der Waals surface area contributed by atoms with Crippen molar-refractivity contribution < 1.29 is 19.1 Å². The molecular weight excluding hydrogens is 202 g/mol. The summed E-state index contributed by atoms with van der Waals surface area (Å²) in [6.45, 7) is 3.35. The van der Waals surface area contributed by atoms with Gasteiger partial charge in [0.25, 0.3) is 0 Å². The van der Waals surface area contributed by atoms with E-state index in [1.165, 1.54) is 19.6 Å². The number of esters is 1. The normalized spacial score (nSPS) is 11.9. The summed E-state index contributed by atoms with van der Waals surface area (Å²) in [4.78, 5) is 22.4. The van der Waals surface area contributed by atoms with E-state index in [0.29, 0.717) is 0 Å². The molecule has 0 aliphatic heterocycles. The zero-order chi connectivity index (χ0) is 11.3. The molecule has 0 fully saturated rings. The van der Waals surface area contributed by atoms with Crippen LogP contribution in [0.4, 0.5) is 4.79 Å². The molecule has 0 radical (unpaired) electrons. The summed E-state index contributed by atoms with van der Waals surface area (Å²) in [7, 11) is 0. The summed E-state index contributed by atoms with van der Waals surface area (Å²) >= 11 is 0. The third kappa shape index (κ3) is 3.04. The fraction of sp³-hybridized carbons (Fsp3) is 0.500. The maximum Gasteiger partial charge on any atom is 0.421 e. The monoisotopic (exact) mass is 213 g/mol. The molecule has 7 nitrogen and oxygen atoms in total. The zero-order valence-electron chi connectivity index (χ0n) is 8.41. The molecule has 0 aromatic carbocycles. The Morgan fingerprint density at radius 1 is 1.40 bits per heavy atom. The standard InChI is InChI=1S/C8H11N3O4/c1-3-14-7(12)6(2)15-8(13)11-4-9-10-5-11/h4-6H,3H2,1-2H3. The van der Waals surface area contributed by atoms with Gasteiger partial charge in [-0.3, -0.25) is 0 Å². The van der Waals surface area contributed by atoms with E-state index in [-0.39, 0.29) is 6.61 Å². The lowest BCUT2D eigenvalue weighted by molar-refractivity contribution is -0.152. The third-order valence-corrected chi connectivity index (χ3v) is 1.53. The summed E-state index contributed by atoms with van der Waals surface area (Å²) in [5.74, 6) is -0.584. The van der Waals surface area contributed by atoms with Crippen LogP contribution in [0.2, 0.25) is 0 Å². The molecule has 0 N–H and O–H groups in total. The number of aromatic nitrogens is 3.